The van der Waals surface area contributed by atoms with E-state index in [4.69, 9.17) is 18.9 Å². The summed E-state index contributed by atoms with van der Waals surface area (Å²) < 4.78 is 21.8. The molecule has 0 saturated heterocycles. The minimum Gasteiger partial charge on any atom is -0.353 e. The molecule has 4 unspecified atom stereocenters. The number of hydrogen-bond acceptors (Lipinski definition) is 4. The molecule has 4 nitrogen and oxygen atoms in total. The zero-order chi connectivity index (χ0) is 13.3. The lowest BCUT2D eigenvalue weighted by Crippen LogP contribution is -2.28. The van der Waals surface area contributed by atoms with Crippen molar-refractivity contribution < 1.29 is 18.9 Å². The SMILES string of the molecule is CCCCOC(C)OC(C)OC(C)OC(C)Br. The molecule has 0 aliphatic rings. The van der Waals surface area contributed by atoms with E-state index in [1.807, 2.05) is 27.7 Å². The third-order valence-corrected chi connectivity index (χ3v) is 2.21. The normalized spacial score (nSPS) is 18.7. The van der Waals surface area contributed by atoms with Crippen molar-refractivity contribution in [3.05, 3.63) is 0 Å². The van der Waals surface area contributed by atoms with E-state index < -0.39 is 0 Å². The summed E-state index contributed by atoms with van der Waals surface area (Å²) in [5.74, 6) is 0. The molecule has 0 aromatic rings. The van der Waals surface area contributed by atoms with Gasteiger partial charge in [0.25, 0.3) is 0 Å². The molecular weight excluding hydrogens is 288 g/mol. The topological polar surface area (TPSA) is 36.9 Å². The first-order valence-electron chi connectivity index (χ1n) is 6.17. The molecule has 0 bridgehead atoms. The van der Waals surface area contributed by atoms with Gasteiger partial charge in [0.05, 0.1) is 0 Å². The number of rotatable bonds is 10. The Balaban J connectivity index is 3.65. The molecule has 0 aliphatic carbocycles. The van der Waals surface area contributed by atoms with E-state index in [9.17, 15) is 0 Å². The molecule has 0 spiro atoms. The molecule has 0 saturated carbocycles. The van der Waals surface area contributed by atoms with Gasteiger partial charge in [-0.1, -0.05) is 29.3 Å². The van der Waals surface area contributed by atoms with Crippen molar-refractivity contribution in [2.45, 2.75) is 71.3 Å². The van der Waals surface area contributed by atoms with Crippen LogP contribution >= 0.6 is 15.9 Å². The van der Waals surface area contributed by atoms with Gasteiger partial charge in [-0.2, -0.15) is 0 Å². The van der Waals surface area contributed by atoms with Crippen LogP contribution < -0.4 is 0 Å². The molecule has 0 aromatic carbocycles. The minimum atomic E-state index is -0.354. The van der Waals surface area contributed by atoms with Crippen molar-refractivity contribution in [2.75, 3.05) is 6.61 Å². The first-order chi connectivity index (χ1) is 7.95. The number of halogens is 1. The largest absolute Gasteiger partial charge is 0.353 e. The third-order valence-electron chi connectivity index (χ3n) is 2.00. The summed E-state index contributed by atoms with van der Waals surface area (Å²) in [7, 11) is 0. The molecule has 104 valence electrons. The van der Waals surface area contributed by atoms with Crippen LogP contribution in [0.5, 0.6) is 0 Å². The Labute approximate surface area is 113 Å². The number of hydrogen-bond donors (Lipinski definition) is 0. The molecule has 0 rings (SSSR count). The maximum absolute atomic E-state index is 5.51. The van der Waals surface area contributed by atoms with Gasteiger partial charge in [-0.15, -0.1) is 0 Å². The first kappa shape index (κ1) is 17.3. The summed E-state index contributed by atoms with van der Waals surface area (Å²) in [5, 5.41) is -0.0390. The second-order valence-electron chi connectivity index (χ2n) is 3.88. The minimum absolute atomic E-state index is 0.0390. The van der Waals surface area contributed by atoms with E-state index in [0.717, 1.165) is 19.4 Å². The quantitative estimate of drug-likeness (QED) is 0.351. The van der Waals surface area contributed by atoms with E-state index >= 15 is 0 Å². The van der Waals surface area contributed by atoms with Crippen molar-refractivity contribution >= 4 is 15.9 Å². The molecule has 5 heteroatoms. The van der Waals surface area contributed by atoms with Crippen molar-refractivity contribution in [1.82, 2.24) is 0 Å². The maximum Gasteiger partial charge on any atom is 0.161 e. The van der Waals surface area contributed by atoms with Crippen LogP contribution in [-0.2, 0) is 18.9 Å². The Kier molecular flexibility index (Phi) is 10.5. The van der Waals surface area contributed by atoms with Crippen LogP contribution in [0.4, 0.5) is 0 Å². The lowest BCUT2D eigenvalue weighted by molar-refractivity contribution is -0.280. The van der Waals surface area contributed by atoms with E-state index in [-0.39, 0.29) is 23.9 Å². The fourth-order valence-electron chi connectivity index (χ4n) is 1.30. The maximum atomic E-state index is 5.51. The Bertz CT molecular complexity index is 178. The summed E-state index contributed by atoms with van der Waals surface area (Å²) in [6.45, 7) is 10.3. The molecular formula is C12H25BrO4. The lowest BCUT2D eigenvalue weighted by Gasteiger charge is -2.23. The van der Waals surface area contributed by atoms with Gasteiger partial charge in [0.15, 0.2) is 18.9 Å². The van der Waals surface area contributed by atoms with Gasteiger partial charge in [0.2, 0.25) is 0 Å². The third kappa shape index (κ3) is 11.2. The molecule has 0 heterocycles. The van der Waals surface area contributed by atoms with Gasteiger partial charge >= 0.3 is 0 Å². The summed E-state index contributed by atoms with van der Waals surface area (Å²) in [4.78, 5) is 0. The molecule has 0 aromatic heterocycles. The second-order valence-corrected chi connectivity index (χ2v) is 5.17. The highest BCUT2D eigenvalue weighted by atomic mass is 79.9. The average molecular weight is 313 g/mol. The van der Waals surface area contributed by atoms with Crippen LogP contribution in [0.2, 0.25) is 0 Å². The predicted octanol–water partition coefficient (Wildman–Crippen LogP) is 3.63. The highest BCUT2D eigenvalue weighted by Crippen LogP contribution is 2.10. The zero-order valence-corrected chi connectivity index (χ0v) is 13.0. The van der Waals surface area contributed by atoms with Crippen LogP contribution in [0.3, 0.4) is 0 Å². The predicted molar refractivity (Wildman–Crippen MR) is 70.9 cm³/mol. The zero-order valence-electron chi connectivity index (χ0n) is 11.4. The highest BCUT2D eigenvalue weighted by molar-refractivity contribution is 9.09. The Morgan fingerprint density at radius 3 is 1.94 bits per heavy atom. The summed E-state index contributed by atoms with van der Waals surface area (Å²) in [6.07, 6.45) is 1.23. The standard InChI is InChI=1S/C12H25BrO4/c1-6-7-8-14-10(3)16-12(5)17-11(4)15-9(2)13/h9-12H,6-8H2,1-5H3. The lowest BCUT2D eigenvalue weighted by atomic mass is 10.4. The van der Waals surface area contributed by atoms with Crippen LogP contribution in [-0.4, -0.2) is 30.5 Å². The average Bonchev–Trinajstić information content (AvgIpc) is 2.15. The molecule has 0 aliphatic heterocycles. The van der Waals surface area contributed by atoms with Crippen molar-refractivity contribution in [3.8, 4) is 0 Å². The fourth-order valence-corrected chi connectivity index (χ4v) is 1.60. The van der Waals surface area contributed by atoms with Gasteiger partial charge in [-0.25, -0.2) is 0 Å². The van der Waals surface area contributed by atoms with Crippen LogP contribution in [0.25, 0.3) is 0 Å². The molecule has 4 atom stereocenters. The number of ether oxygens (including phenoxy) is 4. The van der Waals surface area contributed by atoms with Crippen molar-refractivity contribution in [1.29, 1.82) is 0 Å². The Morgan fingerprint density at radius 2 is 1.41 bits per heavy atom. The van der Waals surface area contributed by atoms with E-state index in [1.54, 1.807) is 0 Å². The number of alkyl halides is 1. The molecule has 0 radical (unpaired) electrons. The number of unbranched alkanes of at least 4 members (excludes halogenated alkanes) is 1. The Morgan fingerprint density at radius 1 is 0.882 bits per heavy atom. The molecule has 0 fully saturated rings. The van der Waals surface area contributed by atoms with Gasteiger partial charge in [-0.05, 0) is 34.1 Å². The summed E-state index contributed by atoms with van der Waals surface area (Å²) in [6, 6.07) is 0. The molecule has 0 amide bonds. The van der Waals surface area contributed by atoms with Gasteiger partial charge < -0.3 is 18.9 Å². The second kappa shape index (κ2) is 10.3. The van der Waals surface area contributed by atoms with E-state index in [1.165, 1.54) is 0 Å². The van der Waals surface area contributed by atoms with Gasteiger partial charge in [-0.3, -0.25) is 0 Å². The summed E-state index contributed by atoms with van der Waals surface area (Å²) >= 11 is 3.29. The Hall–Kier alpha value is 0.320. The molecule has 17 heavy (non-hydrogen) atoms. The van der Waals surface area contributed by atoms with Gasteiger partial charge in [0.1, 0.15) is 5.01 Å². The van der Waals surface area contributed by atoms with Crippen molar-refractivity contribution in [3.63, 3.8) is 0 Å². The highest BCUT2D eigenvalue weighted by Gasteiger charge is 2.14. The first-order valence-corrected chi connectivity index (χ1v) is 7.09. The van der Waals surface area contributed by atoms with Crippen LogP contribution in [0.1, 0.15) is 47.5 Å². The van der Waals surface area contributed by atoms with E-state index in [0.29, 0.717) is 0 Å². The van der Waals surface area contributed by atoms with E-state index in [2.05, 4.69) is 22.9 Å². The van der Waals surface area contributed by atoms with Crippen LogP contribution in [0.15, 0.2) is 0 Å². The smallest absolute Gasteiger partial charge is 0.161 e. The fraction of sp³-hybridized carbons (Fsp3) is 1.00. The molecule has 0 N–H and O–H groups in total. The monoisotopic (exact) mass is 312 g/mol. The van der Waals surface area contributed by atoms with Crippen LogP contribution in [0, 0.1) is 0 Å². The van der Waals surface area contributed by atoms with Gasteiger partial charge in [0, 0.05) is 6.61 Å². The van der Waals surface area contributed by atoms with Crippen molar-refractivity contribution in [2.24, 2.45) is 0 Å². The summed E-state index contributed by atoms with van der Waals surface area (Å²) in [5.41, 5.74) is 0.